The summed E-state index contributed by atoms with van der Waals surface area (Å²) in [4.78, 5) is 13.9. The van der Waals surface area contributed by atoms with Crippen molar-refractivity contribution in [2.45, 2.75) is 32.4 Å². The van der Waals surface area contributed by atoms with E-state index in [0.717, 1.165) is 19.5 Å². The fourth-order valence-electron chi connectivity index (χ4n) is 3.05. The summed E-state index contributed by atoms with van der Waals surface area (Å²) < 4.78 is 0. The summed E-state index contributed by atoms with van der Waals surface area (Å²) in [6.07, 6.45) is 1.56. The Morgan fingerprint density at radius 3 is 2.88 bits per heavy atom. The SMILES string of the molecule is Cc1ccc(C23CCC(=O)N2CCN3)cc1C. The average Bonchev–Trinajstić information content (AvgIpc) is 2.85. The van der Waals surface area contributed by atoms with Gasteiger partial charge in [-0.15, -0.1) is 0 Å². The quantitative estimate of drug-likeness (QED) is 0.796. The van der Waals surface area contributed by atoms with Gasteiger partial charge in [-0.2, -0.15) is 0 Å². The Labute approximate surface area is 102 Å². The topological polar surface area (TPSA) is 32.3 Å². The maximum absolute atomic E-state index is 11.9. The van der Waals surface area contributed by atoms with E-state index in [1.54, 1.807) is 0 Å². The van der Waals surface area contributed by atoms with E-state index in [-0.39, 0.29) is 11.6 Å². The van der Waals surface area contributed by atoms with Crippen molar-refractivity contribution in [2.75, 3.05) is 13.1 Å². The van der Waals surface area contributed by atoms with Gasteiger partial charge in [0.25, 0.3) is 0 Å². The maximum atomic E-state index is 11.9. The van der Waals surface area contributed by atoms with Gasteiger partial charge in [0.1, 0.15) is 5.66 Å². The lowest BCUT2D eigenvalue weighted by atomic mass is 9.94. The van der Waals surface area contributed by atoms with Gasteiger partial charge in [0.2, 0.25) is 5.91 Å². The van der Waals surface area contributed by atoms with E-state index in [2.05, 4.69) is 37.4 Å². The fourth-order valence-corrected chi connectivity index (χ4v) is 3.05. The lowest BCUT2D eigenvalue weighted by molar-refractivity contribution is -0.130. The van der Waals surface area contributed by atoms with Crippen LogP contribution in [0.25, 0.3) is 0 Å². The molecule has 0 bridgehead atoms. The number of nitrogens with zero attached hydrogens (tertiary/aromatic N) is 1. The minimum Gasteiger partial charge on any atom is -0.319 e. The third kappa shape index (κ3) is 1.42. The van der Waals surface area contributed by atoms with E-state index >= 15 is 0 Å². The largest absolute Gasteiger partial charge is 0.319 e. The van der Waals surface area contributed by atoms with Gasteiger partial charge in [-0.1, -0.05) is 18.2 Å². The van der Waals surface area contributed by atoms with Crippen molar-refractivity contribution in [3.8, 4) is 0 Å². The van der Waals surface area contributed by atoms with Crippen molar-refractivity contribution in [1.82, 2.24) is 10.2 Å². The van der Waals surface area contributed by atoms with Crippen LogP contribution in [0.3, 0.4) is 0 Å². The van der Waals surface area contributed by atoms with Crippen LogP contribution < -0.4 is 5.32 Å². The smallest absolute Gasteiger partial charge is 0.224 e. The summed E-state index contributed by atoms with van der Waals surface area (Å²) in [6, 6.07) is 6.53. The maximum Gasteiger partial charge on any atom is 0.224 e. The molecule has 0 radical (unpaired) electrons. The summed E-state index contributed by atoms with van der Waals surface area (Å²) in [6.45, 7) is 5.99. The fraction of sp³-hybridized carbons (Fsp3) is 0.500. The van der Waals surface area contributed by atoms with E-state index in [1.807, 2.05) is 4.90 Å². The average molecular weight is 230 g/mol. The Hall–Kier alpha value is -1.35. The van der Waals surface area contributed by atoms with Gasteiger partial charge >= 0.3 is 0 Å². The zero-order chi connectivity index (χ0) is 12.0. The molecular formula is C14H18N2O. The molecule has 0 aliphatic carbocycles. The van der Waals surface area contributed by atoms with Gasteiger partial charge in [-0.05, 0) is 37.0 Å². The Morgan fingerprint density at radius 1 is 1.29 bits per heavy atom. The molecule has 3 nitrogen and oxygen atoms in total. The lowest BCUT2D eigenvalue weighted by Crippen LogP contribution is -2.45. The first-order chi connectivity index (χ1) is 8.13. The molecule has 2 heterocycles. The van der Waals surface area contributed by atoms with Crippen LogP contribution in [0, 0.1) is 13.8 Å². The molecule has 1 N–H and O–H groups in total. The number of carbonyl (C=O) groups excluding carboxylic acids is 1. The predicted octanol–water partition coefficient (Wildman–Crippen LogP) is 1.68. The van der Waals surface area contributed by atoms with Gasteiger partial charge in [0, 0.05) is 19.5 Å². The molecule has 1 aromatic carbocycles. The zero-order valence-electron chi connectivity index (χ0n) is 10.4. The third-order valence-corrected chi connectivity index (χ3v) is 4.20. The number of nitrogens with one attached hydrogen (secondary N) is 1. The van der Waals surface area contributed by atoms with Crippen molar-refractivity contribution < 1.29 is 4.79 Å². The minimum absolute atomic E-state index is 0.213. The standard InChI is InChI=1S/C14H18N2O/c1-10-3-4-12(9-11(10)2)14-6-5-13(17)16(14)8-7-15-14/h3-4,9,15H,5-8H2,1-2H3. The molecule has 1 amide bonds. The number of benzene rings is 1. The molecule has 2 fully saturated rings. The first-order valence-corrected chi connectivity index (χ1v) is 6.27. The summed E-state index contributed by atoms with van der Waals surface area (Å²) >= 11 is 0. The second-order valence-electron chi connectivity index (χ2n) is 5.13. The van der Waals surface area contributed by atoms with Gasteiger partial charge in [0.15, 0.2) is 0 Å². The van der Waals surface area contributed by atoms with E-state index < -0.39 is 0 Å². The summed E-state index contributed by atoms with van der Waals surface area (Å²) in [5.41, 5.74) is 3.63. The highest BCUT2D eigenvalue weighted by Crippen LogP contribution is 2.40. The minimum atomic E-state index is -0.213. The Balaban J connectivity index is 2.07. The number of carbonyl (C=O) groups is 1. The normalized spacial score (nSPS) is 27.6. The van der Waals surface area contributed by atoms with Crippen LogP contribution in [-0.4, -0.2) is 23.9 Å². The van der Waals surface area contributed by atoms with Crippen molar-refractivity contribution in [3.05, 3.63) is 34.9 Å². The second-order valence-corrected chi connectivity index (χ2v) is 5.13. The van der Waals surface area contributed by atoms with Gasteiger partial charge in [0.05, 0.1) is 0 Å². The molecule has 1 unspecified atom stereocenters. The predicted molar refractivity (Wildman–Crippen MR) is 66.5 cm³/mol. The highest BCUT2D eigenvalue weighted by Gasteiger charge is 2.49. The lowest BCUT2D eigenvalue weighted by Gasteiger charge is -2.32. The first kappa shape index (κ1) is 10.8. The molecule has 0 saturated carbocycles. The monoisotopic (exact) mass is 230 g/mol. The number of hydrogen-bond donors (Lipinski definition) is 1. The summed E-state index contributed by atoms with van der Waals surface area (Å²) in [5.74, 6) is 0.285. The molecule has 0 aromatic heterocycles. The van der Waals surface area contributed by atoms with Crippen molar-refractivity contribution in [3.63, 3.8) is 0 Å². The molecule has 1 aromatic rings. The number of amides is 1. The van der Waals surface area contributed by atoms with Crippen LogP contribution in [0.5, 0.6) is 0 Å². The molecule has 3 heteroatoms. The Kier molecular flexibility index (Phi) is 2.26. The number of hydrogen-bond acceptors (Lipinski definition) is 2. The van der Waals surface area contributed by atoms with E-state index in [0.29, 0.717) is 6.42 Å². The van der Waals surface area contributed by atoms with Crippen molar-refractivity contribution in [2.24, 2.45) is 0 Å². The Morgan fingerprint density at radius 2 is 2.12 bits per heavy atom. The van der Waals surface area contributed by atoms with Crippen molar-refractivity contribution >= 4 is 5.91 Å². The molecule has 2 aliphatic heterocycles. The van der Waals surface area contributed by atoms with Crippen molar-refractivity contribution in [1.29, 1.82) is 0 Å². The van der Waals surface area contributed by atoms with E-state index in [4.69, 9.17) is 0 Å². The van der Waals surface area contributed by atoms with Crippen LogP contribution in [0.15, 0.2) is 18.2 Å². The highest BCUT2D eigenvalue weighted by molar-refractivity contribution is 5.80. The number of rotatable bonds is 1. The van der Waals surface area contributed by atoms with Gasteiger partial charge in [-0.3, -0.25) is 10.1 Å². The molecule has 0 spiro atoms. The summed E-state index contributed by atoms with van der Waals surface area (Å²) in [7, 11) is 0. The molecule has 2 saturated heterocycles. The number of aryl methyl sites for hydroxylation is 2. The first-order valence-electron chi connectivity index (χ1n) is 6.27. The molecule has 90 valence electrons. The molecule has 17 heavy (non-hydrogen) atoms. The summed E-state index contributed by atoms with van der Waals surface area (Å²) in [5, 5.41) is 3.53. The van der Waals surface area contributed by atoms with Crippen LogP contribution >= 0.6 is 0 Å². The molecule has 1 atom stereocenters. The van der Waals surface area contributed by atoms with Crippen LogP contribution in [-0.2, 0) is 10.5 Å². The Bertz CT molecular complexity index is 483. The zero-order valence-corrected chi connectivity index (χ0v) is 10.4. The number of fused-ring (bicyclic) bond motifs is 1. The van der Waals surface area contributed by atoms with Crippen LogP contribution in [0.1, 0.15) is 29.5 Å². The molecule has 3 rings (SSSR count). The second kappa shape index (κ2) is 3.57. The third-order valence-electron chi connectivity index (χ3n) is 4.20. The molecule has 2 aliphatic rings. The molecular weight excluding hydrogens is 212 g/mol. The van der Waals surface area contributed by atoms with Gasteiger partial charge < -0.3 is 4.90 Å². The van der Waals surface area contributed by atoms with E-state index in [9.17, 15) is 4.79 Å². The van der Waals surface area contributed by atoms with Crippen LogP contribution in [0.4, 0.5) is 0 Å². The highest BCUT2D eigenvalue weighted by atomic mass is 16.2. The van der Waals surface area contributed by atoms with Crippen LogP contribution in [0.2, 0.25) is 0 Å². The van der Waals surface area contributed by atoms with Gasteiger partial charge in [-0.25, -0.2) is 0 Å². The van der Waals surface area contributed by atoms with E-state index in [1.165, 1.54) is 16.7 Å².